The second-order valence-corrected chi connectivity index (χ2v) is 9.88. The topological polar surface area (TPSA) is 0 Å². The number of aryl methyl sites for hydroxylation is 1. The van der Waals surface area contributed by atoms with Gasteiger partial charge in [0.15, 0.2) is 0 Å². The molecule has 0 N–H and O–H groups in total. The van der Waals surface area contributed by atoms with Crippen LogP contribution >= 0.6 is 0 Å². The molecule has 1 aliphatic carbocycles. The fourth-order valence-corrected chi connectivity index (χ4v) is 5.39. The van der Waals surface area contributed by atoms with Crippen LogP contribution in [0.5, 0.6) is 0 Å². The van der Waals surface area contributed by atoms with Crippen molar-refractivity contribution in [3.63, 3.8) is 0 Å². The molecule has 178 valence electrons. The summed E-state index contributed by atoms with van der Waals surface area (Å²) < 4.78 is 30.0. The molecule has 4 rings (SSSR count). The molecule has 0 radical (unpaired) electrons. The molecule has 0 heterocycles. The molecule has 1 saturated carbocycles. The molecule has 0 bridgehead atoms. The van der Waals surface area contributed by atoms with Crippen LogP contribution in [0.4, 0.5) is 8.78 Å². The average molecular weight is 459 g/mol. The van der Waals surface area contributed by atoms with Crippen LogP contribution in [0.1, 0.15) is 91.5 Å². The molecule has 0 aromatic heterocycles. The van der Waals surface area contributed by atoms with Gasteiger partial charge in [-0.05, 0) is 104 Å². The lowest BCUT2D eigenvalue weighted by Gasteiger charge is -2.29. The second-order valence-electron chi connectivity index (χ2n) is 9.88. The number of halogens is 2. The van der Waals surface area contributed by atoms with Crippen molar-refractivity contribution in [2.24, 2.45) is 0 Å². The Morgan fingerprint density at radius 2 is 1.41 bits per heavy atom. The van der Waals surface area contributed by atoms with Crippen LogP contribution in [-0.4, -0.2) is 0 Å². The molecule has 3 aromatic carbocycles. The van der Waals surface area contributed by atoms with Crippen molar-refractivity contribution in [2.75, 3.05) is 0 Å². The molecule has 0 unspecified atom stereocenters. The van der Waals surface area contributed by atoms with Crippen LogP contribution in [0.25, 0.3) is 0 Å². The molecule has 0 spiro atoms. The summed E-state index contributed by atoms with van der Waals surface area (Å²) in [4.78, 5) is 0. The van der Waals surface area contributed by atoms with Crippen molar-refractivity contribution >= 4 is 0 Å². The number of rotatable bonds is 8. The predicted molar refractivity (Wildman–Crippen MR) is 138 cm³/mol. The zero-order chi connectivity index (χ0) is 23.9. The zero-order valence-electron chi connectivity index (χ0n) is 20.4. The third kappa shape index (κ3) is 6.03. The maximum Gasteiger partial charge on any atom is 0.129 e. The highest BCUT2D eigenvalue weighted by atomic mass is 19.1. The van der Waals surface area contributed by atoms with E-state index in [0.29, 0.717) is 12.3 Å². The summed E-state index contributed by atoms with van der Waals surface area (Å²) >= 11 is 0. The molecule has 0 amide bonds. The third-order valence-corrected chi connectivity index (χ3v) is 7.53. The average Bonchev–Trinajstić information content (AvgIpc) is 2.87. The first-order valence-corrected chi connectivity index (χ1v) is 12.8. The van der Waals surface area contributed by atoms with E-state index in [9.17, 15) is 8.78 Å². The van der Waals surface area contributed by atoms with Crippen molar-refractivity contribution in [3.05, 3.63) is 118 Å². The van der Waals surface area contributed by atoms with Crippen molar-refractivity contribution in [1.29, 1.82) is 0 Å². The highest BCUT2D eigenvalue weighted by Crippen LogP contribution is 2.41. The fourth-order valence-electron chi connectivity index (χ4n) is 5.39. The van der Waals surface area contributed by atoms with Crippen LogP contribution in [0.2, 0.25) is 0 Å². The van der Waals surface area contributed by atoms with E-state index in [0.717, 1.165) is 49.7 Å². The first-order chi connectivity index (χ1) is 16.5. The summed E-state index contributed by atoms with van der Waals surface area (Å²) in [6.07, 6.45) is 10.9. The lowest BCUT2D eigenvalue weighted by molar-refractivity contribution is 0.393. The molecule has 1 aliphatic rings. The van der Waals surface area contributed by atoms with Crippen molar-refractivity contribution in [2.45, 2.75) is 76.5 Å². The van der Waals surface area contributed by atoms with Gasteiger partial charge in [0.05, 0.1) is 0 Å². The predicted octanol–water partition coefficient (Wildman–Crippen LogP) is 9.26. The summed E-state index contributed by atoms with van der Waals surface area (Å²) in [6, 6.07) is 22.2. The molecule has 1 fully saturated rings. The summed E-state index contributed by atoms with van der Waals surface area (Å²) in [5, 5.41) is 0. The Balaban J connectivity index is 1.37. The first-order valence-electron chi connectivity index (χ1n) is 12.8. The van der Waals surface area contributed by atoms with E-state index in [1.165, 1.54) is 11.1 Å². The largest absolute Gasteiger partial charge is 0.207 e. The lowest BCUT2D eigenvalue weighted by atomic mass is 9.76. The van der Waals surface area contributed by atoms with Gasteiger partial charge < -0.3 is 0 Å². The van der Waals surface area contributed by atoms with Gasteiger partial charge in [-0.1, -0.05) is 73.7 Å². The molecule has 0 saturated heterocycles. The van der Waals surface area contributed by atoms with E-state index in [-0.39, 0.29) is 17.4 Å². The van der Waals surface area contributed by atoms with Gasteiger partial charge in [0.1, 0.15) is 11.6 Å². The molecule has 34 heavy (non-hydrogen) atoms. The minimum atomic E-state index is -0.395. The first kappa shape index (κ1) is 24.4. The Hall–Kier alpha value is -2.74. The van der Waals surface area contributed by atoms with Crippen LogP contribution in [0, 0.1) is 11.6 Å². The molecule has 2 heteroatoms. The van der Waals surface area contributed by atoms with Gasteiger partial charge >= 0.3 is 0 Å². The summed E-state index contributed by atoms with van der Waals surface area (Å²) in [7, 11) is 0. The fraction of sp³-hybridized carbons (Fsp3) is 0.375. The van der Waals surface area contributed by atoms with Crippen LogP contribution in [0.15, 0.2) is 78.9 Å². The Morgan fingerprint density at radius 3 is 2.00 bits per heavy atom. The summed E-state index contributed by atoms with van der Waals surface area (Å²) in [6.45, 7) is 4.08. The van der Waals surface area contributed by atoms with Gasteiger partial charge in [0, 0.05) is 5.56 Å². The number of allylic oxidation sites excluding steroid dienone is 2. The maximum atomic E-state index is 15.0. The third-order valence-electron chi connectivity index (χ3n) is 7.53. The number of hydrogen-bond donors (Lipinski definition) is 0. The van der Waals surface area contributed by atoms with E-state index in [1.54, 1.807) is 12.1 Å². The normalized spacial score (nSPS) is 19.4. The maximum absolute atomic E-state index is 15.0. The second kappa shape index (κ2) is 11.6. The molecule has 1 atom stereocenters. The highest BCUT2D eigenvalue weighted by molar-refractivity contribution is 5.32. The van der Waals surface area contributed by atoms with Gasteiger partial charge in [0.2, 0.25) is 0 Å². The summed E-state index contributed by atoms with van der Waals surface area (Å²) in [5.74, 6) is 0.0605. The molecular weight excluding hydrogens is 422 g/mol. The van der Waals surface area contributed by atoms with E-state index in [4.69, 9.17) is 0 Å². The molecule has 3 aromatic rings. The van der Waals surface area contributed by atoms with E-state index < -0.39 is 11.6 Å². The highest BCUT2D eigenvalue weighted by Gasteiger charge is 2.25. The number of hydrogen-bond acceptors (Lipinski definition) is 0. The van der Waals surface area contributed by atoms with Crippen molar-refractivity contribution in [3.8, 4) is 0 Å². The standard InChI is InChI=1S/C32H36F2/c1-3-4-6-9-24-12-14-26(15-13-24)27-16-18-28(19-17-27)29-21-31(33)30(32(34)22-29)20-23(2)25-10-7-5-8-11-25/h3-5,7-8,10-15,21-23,27-28H,6,9,16-20H2,1-2H3/b4-3+/t23-,27?,28?/m1/s1. The van der Waals surface area contributed by atoms with Crippen molar-refractivity contribution < 1.29 is 8.78 Å². The summed E-state index contributed by atoms with van der Waals surface area (Å²) in [5.41, 5.74) is 4.92. The van der Waals surface area contributed by atoms with E-state index in [2.05, 4.69) is 43.3 Å². The quantitative estimate of drug-likeness (QED) is 0.295. The lowest BCUT2D eigenvalue weighted by Crippen LogP contribution is -2.13. The SMILES string of the molecule is C/C=C/CCc1ccc(C2CCC(c3cc(F)c(C[C@@H](C)c4ccccc4)c(F)c3)CC2)cc1. The van der Waals surface area contributed by atoms with Crippen LogP contribution in [-0.2, 0) is 12.8 Å². The van der Waals surface area contributed by atoms with Gasteiger partial charge in [0.25, 0.3) is 0 Å². The number of benzene rings is 3. The smallest absolute Gasteiger partial charge is 0.129 e. The monoisotopic (exact) mass is 458 g/mol. The zero-order valence-corrected chi connectivity index (χ0v) is 20.4. The molecule has 0 nitrogen and oxygen atoms in total. The minimum absolute atomic E-state index is 0.0704. The molecular formula is C32H36F2. The van der Waals surface area contributed by atoms with E-state index >= 15 is 0 Å². The Morgan fingerprint density at radius 1 is 0.824 bits per heavy atom. The van der Waals surface area contributed by atoms with Gasteiger partial charge in [-0.15, -0.1) is 0 Å². The minimum Gasteiger partial charge on any atom is -0.207 e. The van der Waals surface area contributed by atoms with Crippen molar-refractivity contribution in [1.82, 2.24) is 0 Å². The van der Waals surface area contributed by atoms with Gasteiger partial charge in [-0.3, -0.25) is 0 Å². The van der Waals surface area contributed by atoms with Gasteiger partial charge in [-0.25, -0.2) is 8.78 Å². The Labute approximate surface area is 203 Å². The Kier molecular flexibility index (Phi) is 8.32. The molecule has 0 aliphatic heterocycles. The Bertz CT molecular complexity index is 1050. The van der Waals surface area contributed by atoms with Crippen LogP contribution < -0.4 is 0 Å². The van der Waals surface area contributed by atoms with E-state index in [1.807, 2.05) is 37.3 Å². The van der Waals surface area contributed by atoms with Gasteiger partial charge in [-0.2, -0.15) is 0 Å². The van der Waals surface area contributed by atoms with Crippen LogP contribution in [0.3, 0.4) is 0 Å².